The van der Waals surface area contributed by atoms with E-state index in [-0.39, 0.29) is 35.6 Å². The average Bonchev–Trinajstić information content (AvgIpc) is 3.72. The van der Waals surface area contributed by atoms with E-state index in [1.54, 1.807) is 12.3 Å². The molecule has 1 aliphatic carbocycles. The molecule has 5 rings (SSSR count). The van der Waals surface area contributed by atoms with Crippen LogP contribution in [0.2, 0.25) is 5.02 Å². The monoisotopic (exact) mass is 553 g/mol. The van der Waals surface area contributed by atoms with Gasteiger partial charge in [0.15, 0.2) is 0 Å². The Morgan fingerprint density at radius 3 is 2.56 bits per heavy atom. The fourth-order valence-corrected chi connectivity index (χ4v) is 5.83. The summed E-state index contributed by atoms with van der Waals surface area (Å²) in [5.41, 5.74) is 3.12. The summed E-state index contributed by atoms with van der Waals surface area (Å²) in [6.45, 7) is 2.87. The van der Waals surface area contributed by atoms with Gasteiger partial charge in [0, 0.05) is 30.8 Å². The molecule has 39 heavy (non-hydrogen) atoms. The first-order valence-corrected chi connectivity index (χ1v) is 14.8. The minimum Gasteiger partial charge on any atom is -0.463 e. The first-order chi connectivity index (χ1) is 19.0. The van der Waals surface area contributed by atoms with Crippen molar-refractivity contribution in [3.05, 3.63) is 53.1 Å². The molecule has 208 valence electrons. The second-order valence-corrected chi connectivity index (χ2v) is 11.2. The highest BCUT2D eigenvalue weighted by Crippen LogP contribution is 2.41. The van der Waals surface area contributed by atoms with Gasteiger partial charge in [-0.05, 0) is 49.1 Å². The number of rotatable bonds is 13. The number of esters is 1. The van der Waals surface area contributed by atoms with E-state index in [2.05, 4.69) is 11.9 Å². The van der Waals surface area contributed by atoms with Crippen LogP contribution >= 0.6 is 11.6 Å². The van der Waals surface area contributed by atoms with Crippen molar-refractivity contribution in [2.75, 3.05) is 6.61 Å². The largest absolute Gasteiger partial charge is 0.463 e. The third-order valence-corrected chi connectivity index (χ3v) is 8.17. The zero-order valence-electron chi connectivity index (χ0n) is 22.6. The Morgan fingerprint density at radius 2 is 1.85 bits per heavy atom. The Kier molecular flexibility index (Phi) is 8.85. The van der Waals surface area contributed by atoms with Gasteiger partial charge in [-0.1, -0.05) is 69.5 Å². The molecule has 0 N–H and O–H groups in total. The zero-order chi connectivity index (χ0) is 27.4. The van der Waals surface area contributed by atoms with Crippen LogP contribution in [0.15, 0.2) is 36.5 Å². The number of pyridine rings is 1. The van der Waals surface area contributed by atoms with Crippen LogP contribution < -0.4 is 0 Å². The first kappa shape index (κ1) is 27.6. The number of hydrogen-bond acceptors (Lipinski definition) is 4. The van der Waals surface area contributed by atoms with Gasteiger partial charge in [0.2, 0.25) is 0 Å². The standard InChI is InChI=1S/C31H37ClFN3O3/c1-2-3-4-5-6-7-8-9-12-27(37)39-20-23-19-35-26-11-10-17-34-29(26)28(21-13-16-24(32)25(33)18-21)30(35)31(38)36(23)22-14-15-22/h10-11,13,16-18,22-23H,2-9,12,14-15,19-20H2,1H3. The Hall–Kier alpha value is -2.93. The van der Waals surface area contributed by atoms with Crippen LogP contribution in [0, 0.1) is 5.82 Å². The average molecular weight is 554 g/mol. The van der Waals surface area contributed by atoms with Crippen molar-refractivity contribution in [3.8, 4) is 11.1 Å². The molecule has 6 nitrogen and oxygen atoms in total. The fraction of sp³-hybridized carbons (Fsp3) is 0.516. The van der Waals surface area contributed by atoms with Crippen LogP contribution in [0.25, 0.3) is 22.2 Å². The highest BCUT2D eigenvalue weighted by atomic mass is 35.5. The maximum Gasteiger partial charge on any atom is 0.305 e. The highest BCUT2D eigenvalue weighted by molar-refractivity contribution is 6.30. The molecule has 2 aromatic heterocycles. The molecule has 1 fully saturated rings. The van der Waals surface area contributed by atoms with E-state index in [9.17, 15) is 14.0 Å². The van der Waals surface area contributed by atoms with Crippen molar-refractivity contribution in [2.24, 2.45) is 0 Å². The smallest absolute Gasteiger partial charge is 0.305 e. The topological polar surface area (TPSA) is 64.4 Å². The van der Waals surface area contributed by atoms with Crippen LogP contribution in [-0.2, 0) is 16.1 Å². The first-order valence-electron chi connectivity index (χ1n) is 14.4. The van der Waals surface area contributed by atoms with E-state index in [0.29, 0.717) is 35.3 Å². The minimum absolute atomic E-state index is 0.0314. The number of carbonyl (C=O) groups excluding carboxylic acids is 2. The van der Waals surface area contributed by atoms with Crippen molar-refractivity contribution >= 4 is 34.5 Å². The summed E-state index contributed by atoms with van der Waals surface area (Å²) in [6.07, 6.45) is 13.3. The lowest BCUT2D eigenvalue weighted by Gasteiger charge is -2.37. The summed E-state index contributed by atoms with van der Waals surface area (Å²) in [6, 6.07) is 8.22. The molecule has 0 radical (unpaired) electrons. The Labute approximate surface area is 234 Å². The van der Waals surface area contributed by atoms with E-state index in [1.807, 2.05) is 21.6 Å². The van der Waals surface area contributed by atoms with Crippen molar-refractivity contribution in [2.45, 2.75) is 96.2 Å². The van der Waals surface area contributed by atoms with Crippen molar-refractivity contribution in [1.82, 2.24) is 14.5 Å². The molecule has 0 saturated heterocycles. The van der Waals surface area contributed by atoms with Crippen LogP contribution in [-0.4, -0.2) is 45.0 Å². The molecular formula is C31H37ClFN3O3. The van der Waals surface area contributed by atoms with Gasteiger partial charge in [0.25, 0.3) is 5.91 Å². The predicted molar refractivity (Wildman–Crippen MR) is 151 cm³/mol. The number of amides is 1. The van der Waals surface area contributed by atoms with Crippen molar-refractivity contribution in [3.63, 3.8) is 0 Å². The van der Waals surface area contributed by atoms with Gasteiger partial charge in [0.1, 0.15) is 18.1 Å². The zero-order valence-corrected chi connectivity index (χ0v) is 23.4. The lowest BCUT2D eigenvalue weighted by atomic mass is 10.0. The second-order valence-electron chi connectivity index (χ2n) is 10.8. The second kappa shape index (κ2) is 12.5. The van der Waals surface area contributed by atoms with Gasteiger partial charge < -0.3 is 14.2 Å². The summed E-state index contributed by atoms with van der Waals surface area (Å²) < 4.78 is 22.1. The van der Waals surface area contributed by atoms with Gasteiger partial charge in [-0.2, -0.15) is 0 Å². The summed E-state index contributed by atoms with van der Waals surface area (Å²) in [4.78, 5) is 33.0. The maximum absolute atomic E-state index is 14.4. The molecule has 0 spiro atoms. The molecule has 3 aromatic rings. The number of carbonyl (C=O) groups is 2. The van der Waals surface area contributed by atoms with E-state index >= 15 is 0 Å². The number of halogens is 2. The maximum atomic E-state index is 14.4. The van der Waals surface area contributed by atoms with Gasteiger partial charge in [-0.25, -0.2) is 4.39 Å². The molecule has 8 heteroatoms. The van der Waals surface area contributed by atoms with Crippen LogP contribution in [0.3, 0.4) is 0 Å². The molecule has 2 aliphatic rings. The Morgan fingerprint density at radius 1 is 1.10 bits per heavy atom. The number of unbranched alkanes of at least 4 members (excludes halogenated alkanes) is 7. The number of fused-ring (bicyclic) bond motifs is 3. The quantitative estimate of drug-likeness (QED) is 0.162. The lowest BCUT2D eigenvalue weighted by molar-refractivity contribution is -0.145. The number of nitrogens with zero attached hydrogens (tertiary/aromatic N) is 3. The summed E-state index contributed by atoms with van der Waals surface area (Å²) in [5.74, 6) is -0.871. The number of aromatic nitrogens is 2. The highest BCUT2D eigenvalue weighted by Gasteiger charge is 2.44. The van der Waals surface area contributed by atoms with E-state index < -0.39 is 5.82 Å². The number of benzene rings is 1. The number of ether oxygens (including phenoxy) is 1. The van der Waals surface area contributed by atoms with Crippen LogP contribution in [0.5, 0.6) is 0 Å². The predicted octanol–water partition coefficient (Wildman–Crippen LogP) is 7.56. The van der Waals surface area contributed by atoms with Crippen LogP contribution in [0.1, 0.15) is 88.0 Å². The van der Waals surface area contributed by atoms with Gasteiger partial charge in [0.05, 0.1) is 22.1 Å². The summed E-state index contributed by atoms with van der Waals surface area (Å²) >= 11 is 5.94. The van der Waals surface area contributed by atoms with Crippen LogP contribution in [0.4, 0.5) is 4.39 Å². The molecule has 1 aliphatic heterocycles. The van der Waals surface area contributed by atoms with Gasteiger partial charge in [-0.3, -0.25) is 14.6 Å². The summed E-state index contributed by atoms with van der Waals surface area (Å²) in [7, 11) is 0. The third kappa shape index (κ3) is 6.13. The molecule has 1 amide bonds. The molecule has 1 aromatic carbocycles. The van der Waals surface area contributed by atoms with E-state index in [0.717, 1.165) is 37.6 Å². The van der Waals surface area contributed by atoms with Gasteiger partial charge in [-0.15, -0.1) is 0 Å². The molecule has 0 bridgehead atoms. The minimum atomic E-state index is -0.540. The normalized spacial score (nSPS) is 17.1. The Balaban J connectivity index is 1.30. The molecule has 1 unspecified atom stereocenters. The molecule has 1 atom stereocenters. The van der Waals surface area contributed by atoms with Crippen molar-refractivity contribution in [1.29, 1.82) is 0 Å². The molecule has 1 saturated carbocycles. The summed E-state index contributed by atoms with van der Waals surface area (Å²) in [5, 5.41) is 0.0314. The van der Waals surface area contributed by atoms with E-state index in [4.69, 9.17) is 16.3 Å². The molecule has 3 heterocycles. The van der Waals surface area contributed by atoms with Gasteiger partial charge >= 0.3 is 5.97 Å². The Bertz CT molecular complexity index is 1340. The number of hydrogen-bond donors (Lipinski definition) is 0. The lowest BCUT2D eigenvalue weighted by Crippen LogP contribution is -2.51. The van der Waals surface area contributed by atoms with Crippen molar-refractivity contribution < 1.29 is 18.7 Å². The molecular weight excluding hydrogens is 517 g/mol. The third-order valence-electron chi connectivity index (χ3n) is 7.86. The fourth-order valence-electron chi connectivity index (χ4n) is 5.71. The van der Waals surface area contributed by atoms with E-state index in [1.165, 1.54) is 44.2 Å². The SMILES string of the molecule is CCCCCCCCCCC(=O)OCC1Cn2c(c(-c3ccc(Cl)c(F)c3)c3ncccc32)C(=O)N1C1CC1.